The van der Waals surface area contributed by atoms with Crippen molar-refractivity contribution in [3.8, 4) is 0 Å². The number of amides is 1. The average Bonchev–Trinajstić information content (AvgIpc) is 3.30. The molecule has 1 amide bonds. The molecule has 4 rings (SSSR count). The molecule has 27 heavy (non-hydrogen) atoms. The van der Waals surface area contributed by atoms with Crippen LogP contribution >= 0.6 is 11.3 Å². The summed E-state index contributed by atoms with van der Waals surface area (Å²) >= 11 is 1.40. The number of carbonyl (C=O) groups is 1. The molecule has 0 bridgehead atoms. The number of nitro groups is 1. The van der Waals surface area contributed by atoms with Gasteiger partial charge in [0.2, 0.25) is 0 Å². The van der Waals surface area contributed by atoms with Gasteiger partial charge in [-0.15, -0.1) is 11.3 Å². The second kappa shape index (κ2) is 6.96. The second-order valence-corrected chi connectivity index (χ2v) is 7.58. The zero-order valence-electron chi connectivity index (χ0n) is 14.8. The van der Waals surface area contributed by atoms with Crippen molar-refractivity contribution in [2.24, 2.45) is 0 Å². The molecule has 3 heterocycles. The molecule has 0 fully saturated rings. The first-order valence-electron chi connectivity index (χ1n) is 8.67. The van der Waals surface area contributed by atoms with E-state index in [2.05, 4.69) is 18.1 Å². The lowest BCUT2D eigenvalue weighted by molar-refractivity contribution is -0.385. The van der Waals surface area contributed by atoms with Gasteiger partial charge in [-0.05, 0) is 48.4 Å². The van der Waals surface area contributed by atoms with Crippen molar-refractivity contribution in [3.63, 3.8) is 0 Å². The van der Waals surface area contributed by atoms with Crippen LogP contribution < -0.4 is 4.90 Å². The lowest BCUT2D eigenvalue weighted by atomic mass is 9.99. The van der Waals surface area contributed by atoms with Gasteiger partial charge < -0.3 is 4.90 Å². The van der Waals surface area contributed by atoms with Gasteiger partial charge in [0.15, 0.2) is 0 Å². The number of hydrogen-bond acceptors (Lipinski definition) is 5. The van der Waals surface area contributed by atoms with Crippen molar-refractivity contribution in [2.75, 3.05) is 11.4 Å². The highest BCUT2D eigenvalue weighted by Crippen LogP contribution is 2.30. The Labute approximate surface area is 160 Å². The molecule has 3 aromatic rings. The minimum absolute atomic E-state index is 0.00231. The molecule has 0 saturated heterocycles. The van der Waals surface area contributed by atoms with E-state index < -0.39 is 4.92 Å². The van der Waals surface area contributed by atoms with Crippen LogP contribution in [0, 0.1) is 17.0 Å². The van der Waals surface area contributed by atoms with Crippen LogP contribution in [0.3, 0.4) is 0 Å². The van der Waals surface area contributed by atoms with Crippen LogP contribution in [-0.2, 0) is 13.0 Å². The van der Waals surface area contributed by atoms with Crippen LogP contribution in [0.15, 0.2) is 42.0 Å². The van der Waals surface area contributed by atoms with E-state index in [0.717, 1.165) is 24.1 Å². The fourth-order valence-corrected chi connectivity index (χ4v) is 4.21. The number of carbonyl (C=O) groups excluding carboxylic acids is 1. The predicted octanol–water partition coefficient (Wildman–Crippen LogP) is 3.80. The number of hydrogen-bond donors (Lipinski definition) is 0. The summed E-state index contributed by atoms with van der Waals surface area (Å²) < 4.78 is 1.51. The third kappa shape index (κ3) is 3.48. The Kier molecular flexibility index (Phi) is 4.49. The summed E-state index contributed by atoms with van der Waals surface area (Å²) in [5.41, 5.74) is 4.28. The molecule has 8 heteroatoms. The Morgan fingerprint density at radius 1 is 1.37 bits per heavy atom. The largest absolute Gasteiger partial charge is 0.307 e. The van der Waals surface area contributed by atoms with Gasteiger partial charge in [-0.2, -0.15) is 5.10 Å². The molecule has 7 nitrogen and oxygen atoms in total. The Hall–Kier alpha value is -3.00. The van der Waals surface area contributed by atoms with Crippen molar-refractivity contribution < 1.29 is 9.72 Å². The van der Waals surface area contributed by atoms with E-state index in [0.29, 0.717) is 18.0 Å². The Balaban J connectivity index is 1.53. The summed E-state index contributed by atoms with van der Waals surface area (Å²) in [5.74, 6) is 0.00231. The number of anilines is 1. The number of nitrogens with zero attached hydrogens (tertiary/aromatic N) is 4. The van der Waals surface area contributed by atoms with Gasteiger partial charge in [-0.25, -0.2) is 0 Å². The molecule has 1 aliphatic rings. The van der Waals surface area contributed by atoms with Crippen molar-refractivity contribution in [1.29, 1.82) is 0 Å². The van der Waals surface area contributed by atoms with Gasteiger partial charge in [0.25, 0.3) is 5.91 Å². The lowest BCUT2D eigenvalue weighted by Crippen LogP contribution is -2.35. The third-order valence-electron chi connectivity index (χ3n) is 4.64. The summed E-state index contributed by atoms with van der Waals surface area (Å²) in [5, 5.41) is 16.7. The molecule has 1 aromatic carbocycles. The molecular formula is C19H18N4O3S. The van der Waals surface area contributed by atoms with Crippen molar-refractivity contribution >= 4 is 28.6 Å². The molecule has 0 N–H and O–H groups in total. The maximum atomic E-state index is 13.0. The van der Waals surface area contributed by atoms with Crippen LogP contribution in [0.4, 0.5) is 11.4 Å². The average molecular weight is 382 g/mol. The molecule has 0 spiro atoms. The maximum Gasteiger partial charge on any atom is 0.307 e. The minimum Gasteiger partial charge on any atom is -0.307 e. The lowest BCUT2D eigenvalue weighted by Gasteiger charge is -2.29. The van der Waals surface area contributed by atoms with E-state index in [9.17, 15) is 14.9 Å². The van der Waals surface area contributed by atoms with Gasteiger partial charge in [0.05, 0.1) is 16.3 Å². The fraction of sp³-hybridized carbons (Fsp3) is 0.263. The van der Waals surface area contributed by atoms with Crippen LogP contribution in [-0.4, -0.2) is 27.2 Å². The maximum absolute atomic E-state index is 13.0. The molecule has 0 radical (unpaired) electrons. The molecule has 0 unspecified atom stereocenters. The second-order valence-electron chi connectivity index (χ2n) is 6.66. The van der Waals surface area contributed by atoms with Crippen LogP contribution in [0.5, 0.6) is 0 Å². The van der Waals surface area contributed by atoms with Crippen LogP contribution in [0.25, 0.3) is 0 Å². The van der Waals surface area contributed by atoms with Crippen LogP contribution in [0.2, 0.25) is 0 Å². The number of aromatic nitrogens is 2. The summed E-state index contributed by atoms with van der Waals surface area (Å²) in [6.07, 6.45) is 4.57. The van der Waals surface area contributed by atoms with Gasteiger partial charge >= 0.3 is 5.69 Å². The highest BCUT2D eigenvalue weighted by Gasteiger charge is 2.24. The Morgan fingerprint density at radius 3 is 3.00 bits per heavy atom. The van der Waals surface area contributed by atoms with Gasteiger partial charge in [-0.1, -0.05) is 17.7 Å². The van der Waals surface area contributed by atoms with E-state index in [4.69, 9.17) is 0 Å². The minimum atomic E-state index is -0.471. The predicted molar refractivity (Wildman–Crippen MR) is 103 cm³/mol. The van der Waals surface area contributed by atoms with E-state index in [-0.39, 0.29) is 11.6 Å². The molecular weight excluding hydrogens is 364 g/mol. The Bertz CT molecular complexity index is 1020. The van der Waals surface area contributed by atoms with Crippen molar-refractivity contribution in [2.45, 2.75) is 26.3 Å². The number of fused-ring (bicyclic) bond motifs is 1. The number of benzene rings is 1. The molecule has 1 aliphatic heterocycles. The molecule has 2 aromatic heterocycles. The van der Waals surface area contributed by atoms with E-state index in [1.54, 1.807) is 0 Å². The molecule has 0 atom stereocenters. The normalized spacial score (nSPS) is 13.4. The first-order chi connectivity index (χ1) is 13.0. The van der Waals surface area contributed by atoms with Crippen molar-refractivity contribution in [3.05, 3.63) is 73.7 Å². The summed E-state index contributed by atoms with van der Waals surface area (Å²) in [7, 11) is 0. The smallest absolute Gasteiger partial charge is 0.307 e. The third-order valence-corrected chi connectivity index (χ3v) is 5.61. The molecule has 138 valence electrons. The zero-order chi connectivity index (χ0) is 19.0. The highest BCUT2D eigenvalue weighted by atomic mass is 32.1. The summed E-state index contributed by atoms with van der Waals surface area (Å²) in [6, 6.07) is 8.07. The summed E-state index contributed by atoms with van der Waals surface area (Å²) in [4.78, 5) is 25.8. The monoisotopic (exact) mass is 382 g/mol. The zero-order valence-corrected chi connectivity index (χ0v) is 15.6. The molecule has 0 saturated carbocycles. The van der Waals surface area contributed by atoms with E-state index in [1.165, 1.54) is 39.5 Å². The van der Waals surface area contributed by atoms with Gasteiger partial charge in [-0.3, -0.25) is 19.6 Å². The van der Waals surface area contributed by atoms with Crippen LogP contribution in [0.1, 0.15) is 32.8 Å². The SMILES string of the molecule is Cc1ccc2c(c1)CCCN2C(=O)c1cc(Cn2cc([N+](=O)[O-])cn2)cs1. The standard InChI is InChI=1S/C19H18N4O3S/c1-13-4-5-17-15(7-13)3-2-6-22(17)19(24)18-8-14(12-27-18)10-21-11-16(9-20-21)23(25)26/h4-5,7-9,11-12H,2-3,6,10H2,1H3. The number of rotatable bonds is 4. The number of thiophene rings is 1. The fourth-order valence-electron chi connectivity index (χ4n) is 3.36. The van der Waals surface area contributed by atoms with Gasteiger partial charge in [0.1, 0.15) is 12.4 Å². The highest BCUT2D eigenvalue weighted by molar-refractivity contribution is 7.12. The van der Waals surface area contributed by atoms with Gasteiger partial charge in [0, 0.05) is 12.2 Å². The summed E-state index contributed by atoms with van der Waals surface area (Å²) in [6.45, 7) is 3.17. The Morgan fingerprint density at radius 2 is 2.22 bits per heavy atom. The topological polar surface area (TPSA) is 81.3 Å². The molecule has 0 aliphatic carbocycles. The number of aryl methyl sites for hydroxylation is 2. The van der Waals surface area contributed by atoms with E-state index >= 15 is 0 Å². The quantitative estimate of drug-likeness (QED) is 0.508. The van der Waals surface area contributed by atoms with Crippen molar-refractivity contribution in [1.82, 2.24) is 9.78 Å². The first-order valence-corrected chi connectivity index (χ1v) is 9.55. The first kappa shape index (κ1) is 17.4. The van der Waals surface area contributed by atoms with E-state index in [1.807, 2.05) is 28.5 Å².